The Labute approximate surface area is 261 Å². The third kappa shape index (κ3) is 11.2. The molecule has 0 bridgehead atoms. The number of benzene rings is 2. The number of aromatic hydroxyl groups is 1. The summed E-state index contributed by atoms with van der Waals surface area (Å²) in [6, 6.07) is 9.38. The molecule has 10 nitrogen and oxygen atoms in total. The van der Waals surface area contributed by atoms with Crippen molar-refractivity contribution in [3.05, 3.63) is 64.7 Å². The van der Waals surface area contributed by atoms with E-state index in [-0.39, 0.29) is 18.7 Å². The highest BCUT2D eigenvalue weighted by Crippen LogP contribution is 2.31. The molecule has 2 aromatic carbocycles. The van der Waals surface area contributed by atoms with Crippen LogP contribution < -0.4 is 10.6 Å². The first-order chi connectivity index (χ1) is 20.5. The van der Waals surface area contributed by atoms with Gasteiger partial charge < -0.3 is 30.1 Å². The number of rotatable bonds is 13. The monoisotopic (exact) mass is 611 g/mol. The van der Waals surface area contributed by atoms with Crippen LogP contribution in [-0.4, -0.2) is 65.2 Å². The molecule has 0 aliphatic rings. The van der Waals surface area contributed by atoms with E-state index in [0.717, 1.165) is 17.5 Å². The van der Waals surface area contributed by atoms with Gasteiger partial charge in [-0.2, -0.15) is 0 Å². The van der Waals surface area contributed by atoms with Crippen molar-refractivity contribution in [3.63, 3.8) is 0 Å². The number of methoxy groups -OCH3 is 1. The van der Waals surface area contributed by atoms with Crippen molar-refractivity contribution in [2.75, 3.05) is 13.7 Å². The molecular formula is C34H49N3O7. The molecule has 0 saturated heterocycles. The Morgan fingerprint density at radius 2 is 1.59 bits per heavy atom. The Hall–Kier alpha value is -4.08. The Balaban J connectivity index is 2.71. The van der Waals surface area contributed by atoms with Crippen LogP contribution in [0, 0.1) is 19.8 Å². The second kappa shape index (κ2) is 16.1. The fourth-order valence-electron chi connectivity index (χ4n) is 4.81. The molecule has 3 N–H and O–H groups in total. The van der Waals surface area contributed by atoms with Gasteiger partial charge in [-0.1, -0.05) is 49.7 Å². The molecule has 242 valence electrons. The van der Waals surface area contributed by atoms with Gasteiger partial charge in [-0.3, -0.25) is 14.4 Å². The van der Waals surface area contributed by atoms with Crippen LogP contribution in [0.2, 0.25) is 0 Å². The minimum absolute atomic E-state index is 0.0675. The number of aryl methyl sites for hydroxylation is 2. The number of nitrogens with one attached hydrogen (secondary N) is 2. The summed E-state index contributed by atoms with van der Waals surface area (Å²) in [5.41, 5.74) is 2.17. The molecule has 3 atom stereocenters. The maximum absolute atomic E-state index is 14.7. The molecule has 3 amide bonds. The second-order valence-electron chi connectivity index (χ2n) is 12.7. The molecule has 0 aliphatic carbocycles. The van der Waals surface area contributed by atoms with Gasteiger partial charge in [-0.15, -0.1) is 0 Å². The van der Waals surface area contributed by atoms with E-state index in [4.69, 9.17) is 9.47 Å². The fourth-order valence-corrected chi connectivity index (χ4v) is 4.81. The summed E-state index contributed by atoms with van der Waals surface area (Å²) in [7, 11) is 1.23. The highest BCUT2D eigenvalue weighted by atomic mass is 16.6. The number of carbonyl (C=O) groups is 4. The summed E-state index contributed by atoms with van der Waals surface area (Å²) in [5, 5.41) is 15.2. The van der Waals surface area contributed by atoms with Crippen LogP contribution in [0.1, 0.15) is 82.7 Å². The van der Waals surface area contributed by atoms with Crippen molar-refractivity contribution in [2.24, 2.45) is 5.92 Å². The average Bonchev–Trinajstić information content (AvgIpc) is 2.94. The molecule has 10 heteroatoms. The van der Waals surface area contributed by atoms with Crippen LogP contribution in [-0.2, 0) is 30.3 Å². The number of ether oxygens (including phenoxy) is 2. The lowest BCUT2D eigenvalue weighted by molar-refractivity contribution is -0.146. The Morgan fingerprint density at radius 3 is 2.16 bits per heavy atom. The number of hydrogen-bond acceptors (Lipinski definition) is 7. The summed E-state index contributed by atoms with van der Waals surface area (Å²) in [4.78, 5) is 55.3. The smallest absolute Gasteiger partial charge is 0.408 e. The number of hydrogen-bond donors (Lipinski definition) is 3. The van der Waals surface area contributed by atoms with Crippen LogP contribution in [0.25, 0.3) is 0 Å². The molecule has 0 heterocycles. The summed E-state index contributed by atoms with van der Waals surface area (Å²) >= 11 is 0. The van der Waals surface area contributed by atoms with E-state index in [1.54, 1.807) is 32.9 Å². The van der Waals surface area contributed by atoms with Gasteiger partial charge in [0.15, 0.2) is 0 Å². The lowest BCUT2D eigenvalue weighted by Gasteiger charge is -2.39. The number of carbonyl (C=O) groups excluding carboxylic acids is 4. The predicted molar refractivity (Wildman–Crippen MR) is 169 cm³/mol. The van der Waals surface area contributed by atoms with Crippen LogP contribution in [0.15, 0.2) is 42.5 Å². The highest BCUT2D eigenvalue weighted by Gasteiger charge is 2.39. The zero-order chi connectivity index (χ0) is 33.2. The quantitative estimate of drug-likeness (QED) is 0.268. The van der Waals surface area contributed by atoms with Gasteiger partial charge in [0, 0.05) is 12.5 Å². The van der Waals surface area contributed by atoms with E-state index >= 15 is 0 Å². The maximum atomic E-state index is 14.7. The van der Waals surface area contributed by atoms with Crippen molar-refractivity contribution in [3.8, 4) is 5.75 Å². The van der Waals surface area contributed by atoms with Crippen LogP contribution in [0.3, 0.4) is 0 Å². The van der Waals surface area contributed by atoms with E-state index < -0.39 is 47.6 Å². The summed E-state index contributed by atoms with van der Waals surface area (Å²) < 4.78 is 10.2. The van der Waals surface area contributed by atoms with Gasteiger partial charge >= 0.3 is 12.1 Å². The Morgan fingerprint density at radius 1 is 0.955 bits per heavy atom. The molecule has 0 aliphatic heterocycles. The fraction of sp³-hybridized carbons (Fsp3) is 0.529. The number of nitrogens with zero attached hydrogens (tertiary/aromatic N) is 1. The first kappa shape index (κ1) is 36.1. The minimum atomic E-state index is -1.11. The molecule has 44 heavy (non-hydrogen) atoms. The molecular weight excluding hydrogens is 562 g/mol. The topological polar surface area (TPSA) is 134 Å². The van der Waals surface area contributed by atoms with Crippen molar-refractivity contribution in [1.29, 1.82) is 0 Å². The first-order valence-corrected chi connectivity index (χ1v) is 15.0. The normalized spacial score (nSPS) is 13.4. The van der Waals surface area contributed by atoms with Crippen molar-refractivity contribution in [1.82, 2.24) is 15.5 Å². The molecule has 0 fully saturated rings. The summed E-state index contributed by atoms with van der Waals surface area (Å²) in [6.45, 7) is 14.6. The summed E-state index contributed by atoms with van der Waals surface area (Å²) in [6.07, 6.45) is 0.682. The molecule has 0 aromatic heterocycles. The van der Waals surface area contributed by atoms with E-state index in [0.29, 0.717) is 23.5 Å². The average molecular weight is 612 g/mol. The lowest BCUT2D eigenvalue weighted by Crippen LogP contribution is -2.56. The zero-order valence-electron chi connectivity index (χ0n) is 27.5. The van der Waals surface area contributed by atoms with Crippen molar-refractivity contribution < 1.29 is 33.8 Å². The summed E-state index contributed by atoms with van der Waals surface area (Å²) in [5.74, 6) is -1.25. The van der Waals surface area contributed by atoms with Crippen molar-refractivity contribution in [2.45, 2.75) is 98.4 Å². The lowest BCUT2D eigenvalue weighted by atomic mass is 9.93. The molecule has 0 saturated carbocycles. The molecule has 0 radical (unpaired) electrons. The maximum Gasteiger partial charge on any atom is 0.408 e. The third-order valence-corrected chi connectivity index (χ3v) is 7.15. The van der Waals surface area contributed by atoms with Gasteiger partial charge in [-0.25, -0.2) is 4.79 Å². The van der Waals surface area contributed by atoms with Crippen LogP contribution in [0.4, 0.5) is 4.79 Å². The highest BCUT2D eigenvalue weighted by molar-refractivity contribution is 5.93. The molecule has 3 unspecified atom stereocenters. The second-order valence-corrected chi connectivity index (χ2v) is 12.7. The number of alkyl carbamates (subject to hydrolysis) is 1. The Bertz CT molecular complexity index is 1280. The first-order valence-electron chi connectivity index (χ1n) is 15.0. The zero-order valence-corrected chi connectivity index (χ0v) is 27.5. The largest absolute Gasteiger partial charge is 0.508 e. The van der Waals surface area contributed by atoms with Gasteiger partial charge in [0.05, 0.1) is 7.11 Å². The van der Waals surface area contributed by atoms with Crippen molar-refractivity contribution >= 4 is 23.9 Å². The van der Waals surface area contributed by atoms with Crippen LogP contribution in [0.5, 0.6) is 5.75 Å². The number of phenolic OH excluding ortho intramolecular Hbond substituents is 1. The predicted octanol–water partition coefficient (Wildman–Crippen LogP) is 5.13. The number of esters is 1. The van der Waals surface area contributed by atoms with E-state index in [1.807, 2.05) is 39.0 Å². The minimum Gasteiger partial charge on any atom is -0.508 e. The Kier molecular flexibility index (Phi) is 13.2. The number of amides is 3. The number of phenols is 1. The standard InChI is InChI=1S/C34H49N3O7/c1-21(2)10-13-24(5)37(30(31(40)35-20-29(39)43-9)27-18-22(3)11-12-23(27)4)32(41)28(36-33(42)44-34(6,7)8)19-25-14-16-26(38)17-15-25/h11-12,14-18,21,24,28,30,38H,10,13,19-20H2,1-9H3,(H,35,40)(H,36,42). The molecule has 2 rings (SSSR count). The van der Waals surface area contributed by atoms with Gasteiger partial charge in [-0.05, 0) is 89.1 Å². The molecule has 0 spiro atoms. The SMILES string of the molecule is COC(=O)CNC(=O)C(c1cc(C)ccc1C)N(C(=O)C(Cc1ccc(O)cc1)NC(=O)OC(C)(C)C)C(C)CCC(C)C. The van der Waals surface area contributed by atoms with E-state index in [2.05, 4.69) is 24.5 Å². The molecule has 2 aromatic rings. The van der Waals surface area contributed by atoms with E-state index in [9.17, 15) is 24.3 Å². The van der Waals surface area contributed by atoms with Crippen LogP contribution >= 0.6 is 0 Å². The van der Waals surface area contributed by atoms with Gasteiger partial charge in [0.1, 0.15) is 30.0 Å². The van der Waals surface area contributed by atoms with E-state index in [1.165, 1.54) is 24.1 Å². The third-order valence-electron chi connectivity index (χ3n) is 7.15. The van der Waals surface area contributed by atoms with Gasteiger partial charge in [0.2, 0.25) is 11.8 Å². The van der Waals surface area contributed by atoms with Gasteiger partial charge in [0.25, 0.3) is 0 Å².